The van der Waals surface area contributed by atoms with E-state index < -0.39 is 23.5 Å². The normalized spacial score (nSPS) is 17.9. The van der Waals surface area contributed by atoms with Gasteiger partial charge in [0, 0.05) is 21.3 Å². The number of nitrogens with zero attached hydrogens (tertiary/aromatic N) is 1. The molecule has 31 heavy (non-hydrogen) atoms. The van der Waals surface area contributed by atoms with Crippen LogP contribution in [-0.2, 0) is 9.59 Å². The first-order valence-electron chi connectivity index (χ1n) is 9.36. The Morgan fingerprint density at radius 1 is 0.935 bits per heavy atom. The molecule has 1 aliphatic rings. The van der Waals surface area contributed by atoms with Crippen LogP contribution in [0.1, 0.15) is 22.7 Å². The summed E-state index contributed by atoms with van der Waals surface area (Å²) in [4.78, 5) is 27.3. The number of anilines is 1. The van der Waals surface area contributed by atoms with Crippen LogP contribution in [0, 0.1) is 12.7 Å². The lowest BCUT2D eigenvalue weighted by molar-refractivity contribution is -0.132. The van der Waals surface area contributed by atoms with Crippen LogP contribution in [0.2, 0.25) is 10.0 Å². The second kappa shape index (κ2) is 8.17. The minimum Gasteiger partial charge on any atom is -0.507 e. The van der Waals surface area contributed by atoms with E-state index in [2.05, 4.69) is 0 Å². The third-order valence-electron chi connectivity index (χ3n) is 5.08. The Hall–Kier alpha value is -3.15. The van der Waals surface area contributed by atoms with Crippen LogP contribution in [0.15, 0.2) is 72.3 Å². The van der Waals surface area contributed by atoms with Gasteiger partial charge >= 0.3 is 0 Å². The van der Waals surface area contributed by atoms with E-state index in [1.54, 1.807) is 24.3 Å². The van der Waals surface area contributed by atoms with Crippen LogP contribution in [0.3, 0.4) is 0 Å². The number of carbonyl (C=O) groups is 2. The van der Waals surface area contributed by atoms with Gasteiger partial charge in [-0.1, -0.05) is 65.2 Å². The Morgan fingerprint density at radius 2 is 1.52 bits per heavy atom. The zero-order valence-corrected chi connectivity index (χ0v) is 17.8. The van der Waals surface area contributed by atoms with Gasteiger partial charge in [0.25, 0.3) is 11.7 Å². The number of carbonyl (C=O) groups excluding carboxylic acids is 2. The highest BCUT2D eigenvalue weighted by Gasteiger charge is 2.47. The van der Waals surface area contributed by atoms with Crippen LogP contribution < -0.4 is 4.90 Å². The first kappa shape index (κ1) is 21.1. The highest BCUT2D eigenvalue weighted by molar-refractivity contribution is 6.52. The summed E-state index contributed by atoms with van der Waals surface area (Å²) in [5.74, 6) is -2.49. The molecule has 0 spiro atoms. The van der Waals surface area contributed by atoms with Crippen molar-refractivity contribution >= 4 is 46.3 Å². The molecule has 3 aromatic carbocycles. The van der Waals surface area contributed by atoms with Crippen molar-refractivity contribution in [2.24, 2.45) is 0 Å². The number of hydrogen-bond acceptors (Lipinski definition) is 3. The van der Waals surface area contributed by atoms with E-state index in [9.17, 15) is 19.1 Å². The molecule has 1 atom stereocenters. The van der Waals surface area contributed by atoms with E-state index in [-0.39, 0.29) is 27.1 Å². The molecule has 7 heteroatoms. The van der Waals surface area contributed by atoms with E-state index in [4.69, 9.17) is 23.2 Å². The molecular weight excluding hydrogens is 440 g/mol. The molecule has 0 bridgehead atoms. The summed E-state index contributed by atoms with van der Waals surface area (Å²) in [5, 5.41) is 11.6. The number of hydrogen-bond donors (Lipinski definition) is 1. The number of aliphatic hydroxyl groups excluding tert-OH is 1. The van der Waals surface area contributed by atoms with Gasteiger partial charge in [0.05, 0.1) is 11.6 Å². The number of aryl methyl sites for hydroxylation is 1. The Bertz CT molecular complexity index is 1200. The summed E-state index contributed by atoms with van der Waals surface area (Å²) in [6.07, 6.45) is 0. The number of halogens is 3. The molecule has 1 unspecified atom stereocenters. The van der Waals surface area contributed by atoms with Gasteiger partial charge in [0.2, 0.25) is 0 Å². The van der Waals surface area contributed by atoms with Crippen molar-refractivity contribution < 1.29 is 19.1 Å². The molecule has 4 rings (SSSR count). The third-order valence-corrected chi connectivity index (χ3v) is 5.52. The second-order valence-electron chi connectivity index (χ2n) is 7.21. The van der Waals surface area contributed by atoms with Gasteiger partial charge in [-0.25, -0.2) is 4.39 Å². The van der Waals surface area contributed by atoms with E-state index >= 15 is 0 Å². The first-order chi connectivity index (χ1) is 14.8. The number of rotatable bonds is 3. The molecule has 0 aliphatic carbocycles. The van der Waals surface area contributed by atoms with Crippen LogP contribution in [0.25, 0.3) is 5.76 Å². The Labute approximate surface area is 188 Å². The van der Waals surface area contributed by atoms with Crippen LogP contribution in [0.4, 0.5) is 10.1 Å². The van der Waals surface area contributed by atoms with Crippen molar-refractivity contribution in [1.82, 2.24) is 0 Å². The fourth-order valence-corrected chi connectivity index (χ4v) is 4.12. The fraction of sp³-hybridized carbons (Fsp3) is 0.0833. The average molecular weight is 456 g/mol. The number of aliphatic hydroxyl groups is 1. The van der Waals surface area contributed by atoms with Crippen molar-refractivity contribution in [3.63, 3.8) is 0 Å². The molecule has 1 heterocycles. The maximum atomic E-state index is 13.6. The molecule has 1 aliphatic heterocycles. The SMILES string of the molecule is Cc1ccc(/C(O)=C2\C(=O)C(=O)N(c3cc(Cl)cc(Cl)c3)C2c2ccc(F)cc2)cc1. The molecule has 1 N–H and O–H groups in total. The molecule has 1 amide bonds. The van der Waals surface area contributed by atoms with Crippen molar-refractivity contribution in [3.8, 4) is 0 Å². The molecule has 0 aromatic heterocycles. The number of Topliss-reactive ketones (excluding diaryl/α,β-unsaturated/α-hetero) is 1. The van der Waals surface area contributed by atoms with Gasteiger partial charge in [-0.15, -0.1) is 0 Å². The molecule has 0 radical (unpaired) electrons. The average Bonchev–Trinajstić information content (AvgIpc) is 2.99. The van der Waals surface area contributed by atoms with Crippen LogP contribution >= 0.6 is 23.2 Å². The Kier molecular flexibility index (Phi) is 5.56. The lowest BCUT2D eigenvalue weighted by Crippen LogP contribution is -2.29. The molecule has 4 nitrogen and oxygen atoms in total. The predicted octanol–water partition coefficient (Wildman–Crippen LogP) is 6.07. The van der Waals surface area contributed by atoms with Gasteiger partial charge in [-0.05, 0) is 42.8 Å². The highest BCUT2D eigenvalue weighted by Crippen LogP contribution is 2.43. The maximum Gasteiger partial charge on any atom is 0.300 e. The quantitative estimate of drug-likeness (QED) is 0.296. The van der Waals surface area contributed by atoms with E-state index in [0.29, 0.717) is 11.1 Å². The predicted molar refractivity (Wildman–Crippen MR) is 119 cm³/mol. The molecule has 3 aromatic rings. The fourth-order valence-electron chi connectivity index (χ4n) is 3.60. The smallest absolute Gasteiger partial charge is 0.300 e. The van der Waals surface area contributed by atoms with E-state index in [0.717, 1.165) is 5.56 Å². The Morgan fingerprint density at radius 3 is 2.10 bits per heavy atom. The number of amides is 1. The third kappa shape index (κ3) is 3.94. The van der Waals surface area contributed by atoms with Crippen molar-refractivity contribution in [2.45, 2.75) is 13.0 Å². The van der Waals surface area contributed by atoms with Gasteiger partial charge in [0.1, 0.15) is 11.6 Å². The summed E-state index contributed by atoms with van der Waals surface area (Å²) >= 11 is 12.2. The summed E-state index contributed by atoms with van der Waals surface area (Å²) in [5.41, 5.74) is 2.00. The molecule has 1 fully saturated rings. The maximum absolute atomic E-state index is 13.6. The monoisotopic (exact) mass is 455 g/mol. The summed E-state index contributed by atoms with van der Waals surface area (Å²) < 4.78 is 13.6. The molecule has 0 saturated carbocycles. The lowest BCUT2D eigenvalue weighted by atomic mass is 9.95. The topological polar surface area (TPSA) is 57.6 Å². The van der Waals surface area contributed by atoms with E-state index in [1.165, 1.54) is 47.4 Å². The van der Waals surface area contributed by atoms with Gasteiger partial charge in [-0.2, -0.15) is 0 Å². The largest absolute Gasteiger partial charge is 0.507 e. The van der Waals surface area contributed by atoms with Crippen molar-refractivity contribution in [3.05, 3.63) is 105 Å². The van der Waals surface area contributed by atoms with Gasteiger partial charge in [-0.3, -0.25) is 14.5 Å². The number of benzene rings is 3. The summed E-state index contributed by atoms with van der Waals surface area (Å²) in [7, 11) is 0. The van der Waals surface area contributed by atoms with Crippen molar-refractivity contribution in [2.75, 3.05) is 4.90 Å². The van der Waals surface area contributed by atoms with Gasteiger partial charge in [0.15, 0.2) is 0 Å². The van der Waals surface area contributed by atoms with E-state index in [1.807, 2.05) is 6.92 Å². The first-order valence-corrected chi connectivity index (χ1v) is 10.1. The van der Waals surface area contributed by atoms with Crippen LogP contribution in [-0.4, -0.2) is 16.8 Å². The standard InChI is InChI=1S/C24H16Cl2FNO3/c1-13-2-4-15(5-3-13)22(29)20-21(14-6-8-18(27)9-7-14)28(24(31)23(20)30)19-11-16(25)10-17(26)12-19/h2-12,21,29H,1H3/b22-20+. The summed E-state index contributed by atoms with van der Waals surface area (Å²) in [6.45, 7) is 1.89. The highest BCUT2D eigenvalue weighted by atomic mass is 35.5. The molecule has 156 valence electrons. The molecule has 1 saturated heterocycles. The lowest BCUT2D eigenvalue weighted by Gasteiger charge is -2.25. The van der Waals surface area contributed by atoms with Crippen molar-refractivity contribution in [1.29, 1.82) is 0 Å². The molecular formula is C24H16Cl2FNO3. The van der Waals surface area contributed by atoms with Gasteiger partial charge < -0.3 is 5.11 Å². The zero-order valence-electron chi connectivity index (χ0n) is 16.3. The van der Waals surface area contributed by atoms with Crippen LogP contribution in [0.5, 0.6) is 0 Å². The number of ketones is 1. The minimum absolute atomic E-state index is 0.100. The Balaban J connectivity index is 1.96. The second-order valence-corrected chi connectivity index (χ2v) is 8.09. The summed E-state index contributed by atoms with van der Waals surface area (Å²) in [6, 6.07) is 15.8. The minimum atomic E-state index is -0.989. The zero-order chi connectivity index (χ0) is 22.3.